The van der Waals surface area contributed by atoms with E-state index >= 15 is 0 Å². The summed E-state index contributed by atoms with van der Waals surface area (Å²) in [6.07, 6.45) is 19.8. The van der Waals surface area contributed by atoms with Crippen molar-refractivity contribution in [2.45, 2.75) is 102 Å². The third-order valence-corrected chi connectivity index (χ3v) is 8.61. The van der Waals surface area contributed by atoms with Gasteiger partial charge in [-0.3, -0.25) is 0 Å². The smallest absolute Gasteiger partial charge is 0.0162 e. The van der Waals surface area contributed by atoms with Gasteiger partial charge in [0.15, 0.2) is 0 Å². The van der Waals surface area contributed by atoms with Gasteiger partial charge in [0.05, 0.1) is 0 Å². The van der Waals surface area contributed by atoms with Gasteiger partial charge in [0.2, 0.25) is 0 Å². The fourth-order valence-electron chi connectivity index (χ4n) is 6.47. The maximum Gasteiger partial charge on any atom is -0.0162 e. The molecule has 2 saturated carbocycles. The molecule has 0 aromatic heterocycles. The number of hydrogen-bond donors (Lipinski definition) is 0. The first-order valence-corrected chi connectivity index (χ1v) is 13.5. The molecule has 32 heavy (non-hydrogen) atoms. The number of allylic oxidation sites excluding steroid dienone is 2. The van der Waals surface area contributed by atoms with Crippen LogP contribution in [0.4, 0.5) is 0 Å². The first kappa shape index (κ1) is 23.3. The molecule has 0 unspecified atom stereocenters. The summed E-state index contributed by atoms with van der Waals surface area (Å²) in [4.78, 5) is 0. The van der Waals surface area contributed by atoms with E-state index in [0.717, 1.165) is 23.7 Å². The standard InChI is InChI=1S/C32H44/c1-3-4-6-9-26-12-16-29(17-13-26)31-20-22-32(23-21-31)30-18-14-27(15-19-30)24-25(2)28-10-7-5-8-11-28/h3-5,7-8,10-11,20-23,25-27,29-30H,6,9,12-19,24H2,1-2H3/t25-,26?,27?,29?,30?/m1/s1. The SMILES string of the molecule is CC=CCCC1CCC(c2ccc(C3CCC(C[C@@H](C)c4ccccc4)CC3)cc2)CC1. The summed E-state index contributed by atoms with van der Waals surface area (Å²) in [7, 11) is 0. The highest BCUT2D eigenvalue weighted by Crippen LogP contribution is 2.41. The largest absolute Gasteiger partial charge is 0.0917 e. The van der Waals surface area contributed by atoms with Crippen molar-refractivity contribution in [2.75, 3.05) is 0 Å². The predicted octanol–water partition coefficient (Wildman–Crippen LogP) is 9.78. The van der Waals surface area contributed by atoms with E-state index in [0.29, 0.717) is 5.92 Å². The molecule has 2 aromatic rings. The lowest BCUT2D eigenvalue weighted by molar-refractivity contribution is 0.297. The average molecular weight is 429 g/mol. The summed E-state index contributed by atoms with van der Waals surface area (Å²) in [5, 5.41) is 0. The molecule has 172 valence electrons. The molecular formula is C32H44. The van der Waals surface area contributed by atoms with Crippen LogP contribution in [0.5, 0.6) is 0 Å². The maximum absolute atomic E-state index is 2.48. The Morgan fingerprint density at radius 3 is 1.78 bits per heavy atom. The Hall–Kier alpha value is -1.82. The van der Waals surface area contributed by atoms with E-state index in [1.807, 2.05) is 0 Å². The molecule has 0 bridgehead atoms. The van der Waals surface area contributed by atoms with Gasteiger partial charge in [0.1, 0.15) is 0 Å². The third-order valence-electron chi connectivity index (χ3n) is 8.61. The Kier molecular flexibility index (Phi) is 8.66. The van der Waals surface area contributed by atoms with Crippen molar-refractivity contribution in [1.29, 1.82) is 0 Å². The monoisotopic (exact) mass is 428 g/mol. The molecule has 0 aliphatic heterocycles. The van der Waals surface area contributed by atoms with E-state index in [1.165, 1.54) is 76.2 Å². The van der Waals surface area contributed by atoms with Crippen LogP contribution in [0.15, 0.2) is 66.7 Å². The molecule has 0 amide bonds. The molecule has 2 aromatic carbocycles. The fraction of sp³-hybridized carbons (Fsp3) is 0.562. The van der Waals surface area contributed by atoms with Crippen molar-refractivity contribution in [1.82, 2.24) is 0 Å². The Morgan fingerprint density at radius 1 is 0.719 bits per heavy atom. The van der Waals surface area contributed by atoms with Gasteiger partial charge in [0, 0.05) is 0 Å². The summed E-state index contributed by atoms with van der Waals surface area (Å²) < 4.78 is 0. The fourth-order valence-corrected chi connectivity index (χ4v) is 6.47. The van der Waals surface area contributed by atoms with Crippen LogP contribution in [0.25, 0.3) is 0 Å². The van der Waals surface area contributed by atoms with Crippen LogP contribution >= 0.6 is 0 Å². The quantitative estimate of drug-likeness (QED) is 0.367. The summed E-state index contributed by atoms with van der Waals surface area (Å²) >= 11 is 0. The zero-order valence-corrected chi connectivity index (χ0v) is 20.5. The van der Waals surface area contributed by atoms with E-state index in [4.69, 9.17) is 0 Å². The Labute approximate surface area is 197 Å². The lowest BCUT2D eigenvalue weighted by Gasteiger charge is -2.31. The average Bonchev–Trinajstić information content (AvgIpc) is 2.86. The highest BCUT2D eigenvalue weighted by Gasteiger charge is 2.25. The first-order chi connectivity index (χ1) is 15.7. The molecule has 0 heterocycles. The van der Waals surface area contributed by atoms with Crippen molar-refractivity contribution in [3.05, 3.63) is 83.4 Å². The second kappa shape index (κ2) is 11.9. The van der Waals surface area contributed by atoms with E-state index < -0.39 is 0 Å². The van der Waals surface area contributed by atoms with Gasteiger partial charge in [-0.1, -0.05) is 73.7 Å². The molecule has 0 N–H and O–H groups in total. The van der Waals surface area contributed by atoms with Gasteiger partial charge in [-0.15, -0.1) is 0 Å². The van der Waals surface area contributed by atoms with E-state index in [1.54, 1.807) is 11.1 Å². The minimum Gasteiger partial charge on any atom is -0.0917 e. The molecule has 0 spiro atoms. The Balaban J connectivity index is 1.22. The van der Waals surface area contributed by atoms with E-state index in [2.05, 4.69) is 80.6 Å². The molecule has 0 nitrogen and oxygen atoms in total. The maximum atomic E-state index is 2.48. The Morgan fingerprint density at radius 2 is 1.25 bits per heavy atom. The third kappa shape index (κ3) is 6.37. The molecule has 0 heteroatoms. The highest BCUT2D eigenvalue weighted by atomic mass is 14.3. The van der Waals surface area contributed by atoms with Crippen molar-refractivity contribution in [3.63, 3.8) is 0 Å². The summed E-state index contributed by atoms with van der Waals surface area (Å²) in [5.74, 6) is 4.15. The predicted molar refractivity (Wildman–Crippen MR) is 139 cm³/mol. The highest BCUT2D eigenvalue weighted by molar-refractivity contribution is 5.28. The molecule has 1 atom stereocenters. The van der Waals surface area contributed by atoms with Crippen LogP contribution in [0, 0.1) is 11.8 Å². The number of rotatable bonds is 8. The van der Waals surface area contributed by atoms with Gasteiger partial charge < -0.3 is 0 Å². The summed E-state index contributed by atoms with van der Waals surface area (Å²) in [5.41, 5.74) is 4.71. The number of hydrogen-bond acceptors (Lipinski definition) is 0. The van der Waals surface area contributed by atoms with Gasteiger partial charge in [-0.2, -0.15) is 0 Å². The van der Waals surface area contributed by atoms with Crippen molar-refractivity contribution < 1.29 is 0 Å². The van der Waals surface area contributed by atoms with Gasteiger partial charge in [-0.05, 0) is 124 Å². The van der Waals surface area contributed by atoms with Gasteiger partial charge in [-0.25, -0.2) is 0 Å². The molecule has 2 aliphatic rings. The summed E-state index contributed by atoms with van der Waals surface area (Å²) in [6.45, 7) is 4.55. The molecular weight excluding hydrogens is 384 g/mol. The number of benzene rings is 2. The zero-order valence-electron chi connectivity index (χ0n) is 20.5. The van der Waals surface area contributed by atoms with Crippen molar-refractivity contribution in [2.24, 2.45) is 11.8 Å². The Bertz CT molecular complexity index is 799. The van der Waals surface area contributed by atoms with Crippen molar-refractivity contribution >= 4 is 0 Å². The lowest BCUT2D eigenvalue weighted by atomic mass is 9.74. The summed E-state index contributed by atoms with van der Waals surface area (Å²) in [6, 6.07) is 21.0. The lowest BCUT2D eigenvalue weighted by Crippen LogP contribution is -2.16. The molecule has 0 radical (unpaired) electrons. The van der Waals surface area contributed by atoms with Crippen LogP contribution in [-0.2, 0) is 0 Å². The minimum atomic E-state index is 0.690. The van der Waals surface area contributed by atoms with Crippen LogP contribution in [0.1, 0.15) is 119 Å². The van der Waals surface area contributed by atoms with Gasteiger partial charge in [0.25, 0.3) is 0 Å². The van der Waals surface area contributed by atoms with Crippen LogP contribution in [0.3, 0.4) is 0 Å². The minimum absolute atomic E-state index is 0.690. The molecule has 4 rings (SSSR count). The van der Waals surface area contributed by atoms with Crippen LogP contribution in [0.2, 0.25) is 0 Å². The second-order valence-electron chi connectivity index (χ2n) is 10.8. The molecule has 2 fully saturated rings. The zero-order chi connectivity index (χ0) is 22.2. The van der Waals surface area contributed by atoms with E-state index in [-0.39, 0.29) is 0 Å². The second-order valence-corrected chi connectivity index (χ2v) is 10.8. The van der Waals surface area contributed by atoms with E-state index in [9.17, 15) is 0 Å². The first-order valence-electron chi connectivity index (χ1n) is 13.5. The topological polar surface area (TPSA) is 0 Å². The van der Waals surface area contributed by atoms with Gasteiger partial charge >= 0.3 is 0 Å². The van der Waals surface area contributed by atoms with Crippen LogP contribution < -0.4 is 0 Å². The van der Waals surface area contributed by atoms with Crippen LogP contribution in [-0.4, -0.2) is 0 Å². The normalized spacial score (nSPS) is 27.4. The molecule has 0 saturated heterocycles. The van der Waals surface area contributed by atoms with Crippen molar-refractivity contribution in [3.8, 4) is 0 Å². The molecule has 2 aliphatic carbocycles.